The highest BCUT2D eigenvalue weighted by Crippen LogP contribution is 2.24. The van der Waals surface area contributed by atoms with Gasteiger partial charge in [-0.25, -0.2) is 4.68 Å². The van der Waals surface area contributed by atoms with Crippen LogP contribution in [0.3, 0.4) is 0 Å². The van der Waals surface area contributed by atoms with Crippen molar-refractivity contribution >= 4 is 11.7 Å². The Morgan fingerprint density at radius 2 is 2.05 bits per heavy atom. The molecule has 1 amide bonds. The number of anilines is 1. The number of para-hydroxylation sites is 1. The zero-order valence-corrected chi connectivity index (χ0v) is 13.1. The molecule has 1 aromatic heterocycles. The Kier molecular flexibility index (Phi) is 4.13. The van der Waals surface area contributed by atoms with Crippen molar-refractivity contribution in [2.24, 2.45) is 0 Å². The van der Waals surface area contributed by atoms with Gasteiger partial charge in [0.1, 0.15) is 5.82 Å². The highest BCUT2D eigenvalue weighted by atomic mass is 16.1. The number of carbonyl (C=O) groups is 1. The molecule has 2 aromatic rings. The number of rotatable bonds is 6. The molecule has 0 aliphatic heterocycles. The van der Waals surface area contributed by atoms with E-state index in [0.717, 1.165) is 35.6 Å². The Bertz CT molecular complexity index is 659. The molecule has 0 bridgehead atoms. The first-order valence-corrected chi connectivity index (χ1v) is 7.80. The number of nitrogens with one attached hydrogen (secondary N) is 2. The number of benzene rings is 1. The number of amides is 1. The van der Waals surface area contributed by atoms with Crippen molar-refractivity contribution < 1.29 is 4.79 Å². The summed E-state index contributed by atoms with van der Waals surface area (Å²) in [6, 6.07) is 10.4. The van der Waals surface area contributed by atoms with E-state index in [9.17, 15) is 4.79 Å². The fourth-order valence-corrected chi connectivity index (χ4v) is 2.59. The molecule has 0 saturated heterocycles. The maximum atomic E-state index is 11.8. The molecule has 1 fully saturated rings. The van der Waals surface area contributed by atoms with E-state index in [1.165, 1.54) is 0 Å². The van der Waals surface area contributed by atoms with E-state index in [4.69, 9.17) is 5.10 Å². The predicted molar refractivity (Wildman–Crippen MR) is 87.3 cm³/mol. The molecule has 1 aromatic carbocycles. The van der Waals surface area contributed by atoms with Crippen LogP contribution in [0.25, 0.3) is 5.69 Å². The van der Waals surface area contributed by atoms with Crippen LogP contribution in [0.1, 0.15) is 30.5 Å². The van der Waals surface area contributed by atoms with Gasteiger partial charge in [-0.05, 0) is 31.9 Å². The Balaban J connectivity index is 1.76. The Labute approximate surface area is 130 Å². The third-order valence-corrected chi connectivity index (χ3v) is 3.99. The first-order chi connectivity index (χ1) is 10.7. The number of aromatic nitrogens is 2. The van der Waals surface area contributed by atoms with Crippen molar-refractivity contribution in [3.8, 4) is 5.69 Å². The second-order valence-corrected chi connectivity index (χ2v) is 5.76. The van der Waals surface area contributed by atoms with Crippen molar-refractivity contribution in [2.45, 2.75) is 38.6 Å². The fourth-order valence-electron chi connectivity index (χ4n) is 2.59. The summed E-state index contributed by atoms with van der Waals surface area (Å²) in [5.41, 5.74) is 3.09. The van der Waals surface area contributed by atoms with Gasteiger partial charge in [0.05, 0.1) is 11.4 Å². The van der Waals surface area contributed by atoms with Gasteiger partial charge in [-0.2, -0.15) is 5.10 Å². The lowest BCUT2D eigenvalue weighted by molar-refractivity contribution is -0.121. The normalized spacial score (nSPS) is 13.9. The van der Waals surface area contributed by atoms with Gasteiger partial charge in [0, 0.05) is 31.5 Å². The molecule has 0 spiro atoms. The smallest absolute Gasteiger partial charge is 0.220 e. The summed E-state index contributed by atoms with van der Waals surface area (Å²) in [5.74, 6) is 1.10. The van der Waals surface area contributed by atoms with Crippen LogP contribution in [-0.2, 0) is 11.2 Å². The Morgan fingerprint density at radius 3 is 2.68 bits per heavy atom. The quantitative estimate of drug-likeness (QED) is 0.861. The van der Waals surface area contributed by atoms with Crippen LogP contribution in [0, 0.1) is 6.92 Å². The van der Waals surface area contributed by atoms with E-state index in [1.54, 1.807) is 0 Å². The molecule has 1 saturated carbocycles. The molecular weight excluding hydrogens is 276 g/mol. The van der Waals surface area contributed by atoms with E-state index >= 15 is 0 Å². The second-order valence-electron chi connectivity index (χ2n) is 5.76. The highest BCUT2D eigenvalue weighted by molar-refractivity contribution is 5.76. The van der Waals surface area contributed by atoms with E-state index in [-0.39, 0.29) is 5.91 Å². The van der Waals surface area contributed by atoms with Crippen LogP contribution in [0.5, 0.6) is 0 Å². The van der Waals surface area contributed by atoms with Crippen molar-refractivity contribution in [1.82, 2.24) is 15.1 Å². The summed E-state index contributed by atoms with van der Waals surface area (Å²) in [4.78, 5) is 11.8. The lowest BCUT2D eigenvalue weighted by Crippen LogP contribution is -2.25. The maximum absolute atomic E-state index is 11.8. The van der Waals surface area contributed by atoms with Crippen molar-refractivity contribution in [2.75, 3.05) is 12.4 Å². The minimum Gasteiger partial charge on any atom is -0.373 e. The average Bonchev–Trinajstić information content (AvgIpc) is 3.28. The van der Waals surface area contributed by atoms with Crippen LogP contribution in [-0.4, -0.2) is 28.8 Å². The topological polar surface area (TPSA) is 59.0 Å². The number of hydrogen-bond donors (Lipinski definition) is 2. The number of aryl methyl sites for hydroxylation is 1. The standard InChI is InChI=1S/C17H22N4O/c1-12-15(10-11-16(22)19-13-8-9-13)20-21(17(12)18-2)14-6-4-3-5-7-14/h3-7,13,18H,8-11H2,1-2H3,(H,19,22). The largest absolute Gasteiger partial charge is 0.373 e. The summed E-state index contributed by atoms with van der Waals surface area (Å²) < 4.78 is 1.91. The minimum atomic E-state index is 0.127. The molecule has 0 unspecified atom stereocenters. The molecule has 22 heavy (non-hydrogen) atoms. The van der Waals surface area contributed by atoms with Crippen LogP contribution < -0.4 is 10.6 Å². The second kappa shape index (κ2) is 6.22. The van der Waals surface area contributed by atoms with Gasteiger partial charge in [0.2, 0.25) is 5.91 Å². The predicted octanol–water partition coefficient (Wildman–Crippen LogP) is 2.43. The molecule has 5 nitrogen and oxygen atoms in total. The van der Waals surface area contributed by atoms with E-state index in [1.807, 2.05) is 49.0 Å². The summed E-state index contributed by atoms with van der Waals surface area (Å²) >= 11 is 0. The molecule has 0 atom stereocenters. The third kappa shape index (κ3) is 3.13. The molecule has 2 N–H and O–H groups in total. The van der Waals surface area contributed by atoms with E-state index in [0.29, 0.717) is 18.9 Å². The van der Waals surface area contributed by atoms with Crippen LogP contribution >= 0.6 is 0 Å². The third-order valence-electron chi connectivity index (χ3n) is 3.99. The van der Waals surface area contributed by atoms with E-state index < -0.39 is 0 Å². The average molecular weight is 298 g/mol. The van der Waals surface area contributed by atoms with Crippen LogP contribution in [0.4, 0.5) is 5.82 Å². The molecule has 1 heterocycles. The Hall–Kier alpha value is -2.30. The number of nitrogens with zero attached hydrogens (tertiary/aromatic N) is 2. The highest BCUT2D eigenvalue weighted by Gasteiger charge is 2.23. The van der Waals surface area contributed by atoms with Crippen LogP contribution in [0.15, 0.2) is 30.3 Å². The van der Waals surface area contributed by atoms with Gasteiger partial charge >= 0.3 is 0 Å². The zero-order chi connectivity index (χ0) is 15.5. The zero-order valence-electron chi connectivity index (χ0n) is 13.1. The van der Waals surface area contributed by atoms with Crippen molar-refractivity contribution in [3.05, 3.63) is 41.6 Å². The Morgan fingerprint density at radius 1 is 1.32 bits per heavy atom. The summed E-state index contributed by atoms with van der Waals surface area (Å²) in [6.07, 6.45) is 3.40. The van der Waals surface area contributed by atoms with Gasteiger partial charge in [-0.1, -0.05) is 18.2 Å². The van der Waals surface area contributed by atoms with Gasteiger partial charge in [-0.15, -0.1) is 0 Å². The first kappa shape index (κ1) is 14.6. The number of hydrogen-bond acceptors (Lipinski definition) is 3. The van der Waals surface area contributed by atoms with Crippen molar-refractivity contribution in [1.29, 1.82) is 0 Å². The van der Waals surface area contributed by atoms with E-state index in [2.05, 4.69) is 10.6 Å². The van der Waals surface area contributed by atoms with Gasteiger partial charge < -0.3 is 10.6 Å². The lowest BCUT2D eigenvalue weighted by Gasteiger charge is -2.06. The molecule has 0 radical (unpaired) electrons. The monoisotopic (exact) mass is 298 g/mol. The number of carbonyl (C=O) groups excluding carboxylic acids is 1. The summed E-state index contributed by atoms with van der Waals surface area (Å²) in [7, 11) is 1.90. The minimum absolute atomic E-state index is 0.127. The molecule has 3 rings (SSSR count). The van der Waals surface area contributed by atoms with Crippen molar-refractivity contribution in [3.63, 3.8) is 0 Å². The van der Waals surface area contributed by atoms with Gasteiger partial charge in [-0.3, -0.25) is 4.79 Å². The first-order valence-electron chi connectivity index (χ1n) is 7.80. The molecular formula is C17H22N4O. The SMILES string of the molecule is CNc1c(C)c(CCC(=O)NC2CC2)nn1-c1ccccc1. The molecule has 1 aliphatic carbocycles. The lowest BCUT2D eigenvalue weighted by atomic mass is 10.1. The van der Waals surface area contributed by atoms with Gasteiger partial charge in [0.15, 0.2) is 0 Å². The fraction of sp³-hybridized carbons (Fsp3) is 0.412. The van der Waals surface area contributed by atoms with Gasteiger partial charge in [0.25, 0.3) is 0 Å². The van der Waals surface area contributed by atoms with Crippen LogP contribution in [0.2, 0.25) is 0 Å². The summed E-state index contributed by atoms with van der Waals surface area (Å²) in [6.45, 7) is 2.05. The molecule has 5 heteroatoms. The summed E-state index contributed by atoms with van der Waals surface area (Å²) in [5, 5.41) is 10.9. The molecule has 116 valence electrons. The molecule has 1 aliphatic rings. The maximum Gasteiger partial charge on any atom is 0.220 e.